The highest BCUT2D eigenvalue weighted by Gasteiger charge is 2.41. The second kappa shape index (κ2) is 6.42. The van der Waals surface area contributed by atoms with Gasteiger partial charge < -0.3 is 10.1 Å². The molecule has 112 valence electrons. The average Bonchev–Trinajstić information content (AvgIpc) is 3.16. The summed E-state index contributed by atoms with van der Waals surface area (Å²) in [6.45, 7) is 10.2. The third kappa shape index (κ3) is 4.44. The molecule has 1 aromatic rings. The van der Waals surface area contributed by atoms with Crippen LogP contribution in [0.3, 0.4) is 0 Å². The first-order chi connectivity index (χ1) is 9.45. The van der Waals surface area contributed by atoms with Crippen LogP contribution in [0.1, 0.15) is 24.8 Å². The molecule has 2 rings (SSSR count). The average molecular weight is 292 g/mol. The van der Waals surface area contributed by atoms with E-state index in [1.165, 1.54) is 24.8 Å². The van der Waals surface area contributed by atoms with Gasteiger partial charge in [0.25, 0.3) is 0 Å². The van der Waals surface area contributed by atoms with Gasteiger partial charge in [0.2, 0.25) is 0 Å². The Morgan fingerprint density at radius 2 is 1.80 bits per heavy atom. The lowest BCUT2D eigenvalue weighted by molar-refractivity contribution is 0.171. The summed E-state index contributed by atoms with van der Waals surface area (Å²) < 4.78 is 5.20. The van der Waals surface area contributed by atoms with Crippen LogP contribution in [0.15, 0.2) is 24.3 Å². The fourth-order valence-electron chi connectivity index (χ4n) is 2.61. The van der Waals surface area contributed by atoms with Gasteiger partial charge in [0.1, 0.15) is 0 Å². The van der Waals surface area contributed by atoms with Crippen LogP contribution in [0.4, 0.5) is 0 Å². The Bertz CT molecular complexity index is 418. The predicted molar refractivity (Wildman–Crippen MR) is 89.3 cm³/mol. The normalized spacial score (nSPS) is 17.2. The first kappa shape index (κ1) is 15.7. The minimum absolute atomic E-state index is 0.536. The lowest BCUT2D eigenvalue weighted by atomic mass is 10.0. The van der Waals surface area contributed by atoms with E-state index in [0.29, 0.717) is 5.41 Å². The summed E-state index contributed by atoms with van der Waals surface area (Å²) in [7, 11) is 0.639. The third-order valence-corrected chi connectivity index (χ3v) is 6.51. The summed E-state index contributed by atoms with van der Waals surface area (Å²) in [5.41, 5.74) is 1.93. The fraction of sp³-hybridized carbons (Fsp3) is 0.647. The topological polar surface area (TPSA) is 21.3 Å². The molecular formula is C17H29NOSi. The molecule has 20 heavy (non-hydrogen) atoms. The van der Waals surface area contributed by atoms with Crippen LogP contribution in [0.5, 0.6) is 0 Å². The van der Waals surface area contributed by atoms with Gasteiger partial charge in [-0.05, 0) is 30.2 Å². The Labute approximate surface area is 124 Å². The molecule has 1 aliphatic rings. The molecule has 0 aromatic heterocycles. The number of ether oxygens (including phenoxy) is 1. The highest BCUT2D eigenvalue weighted by molar-refractivity contribution is 6.88. The molecule has 0 atom stereocenters. The van der Waals surface area contributed by atoms with Crippen molar-refractivity contribution >= 4 is 13.3 Å². The van der Waals surface area contributed by atoms with Crippen molar-refractivity contribution in [2.45, 2.75) is 45.4 Å². The van der Waals surface area contributed by atoms with Gasteiger partial charge in [-0.3, -0.25) is 0 Å². The first-order valence-corrected chi connectivity index (χ1v) is 11.2. The van der Waals surface area contributed by atoms with Crippen molar-refractivity contribution in [1.82, 2.24) is 5.32 Å². The van der Waals surface area contributed by atoms with Crippen molar-refractivity contribution in [3.8, 4) is 0 Å². The van der Waals surface area contributed by atoms with Crippen LogP contribution >= 0.6 is 0 Å². The molecule has 1 aliphatic carbocycles. The maximum absolute atomic E-state index is 5.20. The highest BCUT2D eigenvalue weighted by Crippen LogP contribution is 2.48. The third-order valence-electron chi connectivity index (χ3n) is 4.44. The van der Waals surface area contributed by atoms with E-state index < -0.39 is 8.07 Å². The van der Waals surface area contributed by atoms with Crippen molar-refractivity contribution in [2.75, 3.05) is 20.3 Å². The second-order valence-electron chi connectivity index (χ2n) is 7.29. The maximum atomic E-state index is 5.20. The summed E-state index contributed by atoms with van der Waals surface area (Å²) in [4.78, 5) is 0. The Kier molecular flexibility index (Phi) is 5.05. The van der Waals surface area contributed by atoms with Crippen LogP contribution in [0.25, 0.3) is 0 Å². The van der Waals surface area contributed by atoms with E-state index in [4.69, 9.17) is 4.74 Å². The quantitative estimate of drug-likeness (QED) is 0.743. The van der Waals surface area contributed by atoms with Crippen molar-refractivity contribution in [3.05, 3.63) is 29.8 Å². The van der Waals surface area contributed by atoms with Crippen molar-refractivity contribution in [2.24, 2.45) is 5.41 Å². The van der Waals surface area contributed by atoms with Crippen LogP contribution in [0, 0.1) is 5.41 Å². The molecule has 2 nitrogen and oxygen atoms in total. The molecule has 1 N–H and O–H groups in total. The Hall–Kier alpha value is -0.643. The zero-order chi connectivity index (χ0) is 14.6. The second-order valence-corrected chi connectivity index (χ2v) is 12.4. The molecule has 0 radical (unpaired) electrons. The largest absolute Gasteiger partial charge is 0.385 e. The van der Waals surface area contributed by atoms with E-state index >= 15 is 0 Å². The lowest BCUT2D eigenvalue weighted by Gasteiger charge is -2.18. The van der Waals surface area contributed by atoms with E-state index in [-0.39, 0.29) is 0 Å². The summed E-state index contributed by atoms with van der Waals surface area (Å²) in [5.74, 6) is 0. The zero-order valence-electron chi connectivity index (χ0n) is 13.5. The van der Waals surface area contributed by atoms with Gasteiger partial charge in [-0.1, -0.05) is 49.1 Å². The molecule has 0 heterocycles. The van der Waals surface area contributed by atoms with Gasteiger partial charge in [0.15, 0.2) is 0 Å². The van der Waals surface area contributed by atoms with Crippen LogP contribution in [0.2, 0.25) is 19.6 Å². The molecule has 0 aliphatic heterocycles. The molecular weight excluding hydrogens is 262 g/mol. The SMILES string of the molecule is COCCC1(CNCc2ccc([Si](C)(C)C)cc2)CC1. The van der Waals surface area contributed by atoms with E-state index in [0.717, 1.165) is 19.7 Å². The summed E-state index contributed by atoms with van der Waals surface area (Å²) >= 11 is 0. The molecule has 1 saturated carbocycles. The number of rotatable bonds is 8. The van der Waals surface area contributed by atoms with Crippen LogP contribution in [-0.2, 0) is 11.3 Å². The Balaban J connectivity index is 1.77. The van der Waals surface area contributed by atoms with Crippen molar-refractivity contribution in [1.29, 1.82) is 0 Å². The minimum Gasteiger partial charge on any atom is -0.385 e. The Morgan fingerprint density at radius 3 is 2.30 bits per heavy atom. The number of methoxy groups -OCH3 is 1. The zero-order valence-corrected chi connectivity index (χ0v) is 14.5. The molecule has 0 saturated heterocycles. The van der Waals surface area contributed by atoms with E-state index in [9.17, 15) is 0 Å². The van der Waals surface area contributed by atoms with E-state index in [1.807, 2.05) is 0 Å². The van der Waals surface area contributed by atoms with Crippen molar-refractivity contribution < 1.29 is 4.74 Å². The minimum atomic E-state index is -1.16. The summed E-state index contributed by atoms with van der Waals surface area (Å²) in [6.07, 6.45) is 3.92. The van der Waals surface area contributed by atoms with Gasteiger partial charge >= 0.3 is 0 Å². The van der Waals surface area contributed by atoms with Crippen LogP contribution in [-0.4, -0.2) is 28.3 Å². The van der Waals surface area contributed by atoms with Crippen molar-refractivity contribution in [3.63, 3.8) is 0 Å². The van der Waals surface area contributed by atoms with E-state index in [2.05, 4.69) is 49.2 Å². The molecule has 0 spiro atoms. The Morgan fingerprint density at radius 1 is 1.15 bits per heavy atom. The maximum Gasteiger partial charge on any atom is 0.0775 e. The lowest BCUT2D eigenvalue weighted by Crippen LogP contribution is -2.37. The van der Waals surface area contributed by atoms with Gasteiger partial charge in [0, 0.05) is 26.8 Å². The van der Waals surface area contributed by atoms with Crippen LogP contribution < -0.4 is 10.5 Å². The summed E-state index contributed by atoms with van der Waals surface area (Å²) in [6, 6.07) is 9.22. The number of hydrogen-bond acceptors (Lipinski definition) is 2. The molecule has 1 fully saturated rings. The predicted octanol–water partition coefficient (Wildman–Crippen LogP) is 3.14. The smallest absolute Gasteiger partial charge is 0.0775 e. The van der Waals surface area contributed by atoms with Gasteiger partial charge in [0.05, 0.1) is 8.07 Å². The summed E-state index contributed by atoms with van der Waals surface area (Å²) in [5, 5.41) is 5.17. The highest BCUT2D eigenvalue weighted by atomic mass is 28.3. The standard InChI is InChI=1S/C17H29NOSi/c1-19-12-11-17(9-10-17)14-18-13-15-5-7-16(8-6-15)20(2,3)4/h5-8,18H,9-14H2,1-4H3. The number of hydrogen-bond donors (Lipinski definition) is 1. The number of nitrogens with one attached hydrogen (secondary N) is 1. The molecule has 0 unspecified atom stereocenters. The monoisotopic (exact) mass is 291 g/mol. The van der Waals surface area contributed by atoms with Gasteiger partial charge in [-0.25, -0.2) is 0 Å². The van der Waals surface area contributed by atoms with Gasteiger partial charge in [-0.15, -0.1) is 0 Å². The molecule has 3 heteroatoms. The first-order valence-electron chi connectivity index (χ1n) is 7.74. The fourth-order valence-corrected chi connectivity index (χ4v) is 3.77. The molecule has 1 aromatic carbocycles. The van der Waals surface area contributed by atoms with Gasteiger partial charge in [-0.2, -0.15) is 0 Å². The number of benzene rings is 1. The van der Waals surface area contributed by atoms with E-state index in [1.54, 1.807) is 12.3 Å². The molecule has 0 bridgehead atoms. The molecule has 0 amide bonds.